The first-order valence-electron chi connectivity index (χ1n) is 11.2. The van der Waals surface area contributed by atoms with Gasteiger partial charge in [0.05, 0.1) is 0 Å². The summed E-state index contributed by atoms with van der Waals surface area (Å²) in [5, 5.41) is 5.83. The summed E-state index contributed by atoms with van der Waals surface area (Å²) in [4.78, 5) is 0. The molecule has 0 aromatic rings. The van der Waals surface area contributed by atoms with E-state index in [1.807, 2.05) is 29.0 Å². The van der Waals surface area contributed by atoms with E-state index < -0.39 is 18.1 Å². The molecule has 0 N–H and O–H groups in total. The Morgan fingerprint density at radius 3 is 0.759 bits per heavy atom. The van der Waals surface area contributed by atoms with E-state index >= 15 is 0 Å². The zero-order valence-electron chi connectivity index (χ0n) is 21.5. The third-order valence-electron chi connectivity index (χ3n) is 4.09. The Kier molecular flexibility index (Phi) is 13.3. The fraction of sp³-hybridized carbons (Fsp3) is 1.00. The number of hydroxylamine groups is 6. The standard InChI is InChI=1S/3C6H14NO.C3H7O.Ti/c3*1-5(2)7(8)6(3)4;1-3(2)4;/h3*5-6H,1-4H3;3H,1-2H3;/q4*-1;+4. The van der Waals surface area contributed by atoms with Gasteiger partial charge in [-0.1, -0.05) is 0 Å². The molecule has 0 saturated carbocycles. The van der Waals surface area contributed by atoms with Crippen LogP contribution in [-0.4, -0.2) is 57.5 Å². The molecule has 0 spiro atoms. The van der Waals surface area contributed by atoms with Crippen molar-refractivity contribution < 1.29 is 31.7 Å². The van der Waals surface area contributed by atoms with Crippen LogP contribution >= 0.6 is 0 Å². The number of nitrogens with zero attached hydrogens (tertiary/aromatic N) is 3. The molecule has 0 heterocycles. The summed E-state index contributed by atoms with van der Waals surface area (Å²) in [5.41, 5.74) is 0. The summed E-state index contributed by atoms with van der Waals surface area (Å²) in [5.74, 6) is 0. The first-order valence-corrected chi connectivity index (χ1v) is 13.8. The zero-order chi connectivity index (χ0) is 23.1. The molecule has 0 aliphatic carbocycles. The molecule has 176 valence electrons. The van der Waals surface area contributed by atoms with Crippen LogP contribution in [0.4, 0.5) is 0 Å². The molecule has 0 aliphatic rings. The predicted molar refractivity (Wildman–Crippen MR) is 116 cm³/mol. The molecule has 0 unspecified atom stereocenters. The summed E-state index contributed by atoms with van der Waals surface area (Å²) < 4.78 is 26.2. The Morgan fingerprint density at radius 2 is 0.621 bits per heavy atom. The Morgan fingerprint density at radius 1 is 0.414 bits per heavy atom. The normalized spacial score (nSPS) is 14.1. The van der Waals surface area contributed by atoms with Crippen LogP contribution in [0.25, 0.3) is 0 Å². The van der Waals surface area contributed by atoms with Gasteiger partial charge >= 0.3 is 186 Å². The van der Waals surface area contributed by atoms with E-state index in [0.29, 0.717) is 0 Å². The monoisotopic (exact) mass is 455 g/mol. The van der Waals surface area contributed by atoms with Crippen LogP contribution in [0.3, 0.4) is 0 Å². The summed E-state index contributed by atoms with van der Waals surface area (Å²) in [6, 6.07) is 0.923. The van der Waals surface area contributed by atoms with E-state index in [-0.39, 0.29) is 42.4 Å². The molecule has 0 saturated heterocycles. The molecular weight excluding hydrogens is 406 g/mol. The van der Waals surface area contributed by atoms with Gasteiger partial charge in [0.1, 0.15) is 0 Å². The van der Waals surface area contributed by atoms with Crippen LogP contribution in [-0.2, 0) is 31.7 Å². The van der Waals surface area contributed by atoms with Gasteiger partial charge in [0.2, 0.25) is 0 Å². The van der Waals surface area contributed by atoms with Gasteiger partial charge in [-0.2, -0.15) is 0 Å². The van der Waals surface area contributed by atoms with Crippen molar-refractivity contribution in [3.63, 3.8) is 0 Å². The van der Waals surface area contributed by atoms with E-state index in [1.165, 1.54) is 0 Å². The van der Waals surface area contributed by atoms with E-state index in [0.717, 1.165) is 0 Å². The van der Waals surface area contributed by atoms with Crippen molar-refractivity contribution in [2.45, 2.75) is 139 Å². The van der Waals surface area contributed by atoms with Crippen molar-refractivity contribution in [3.8, 4) is 0 Å². The number of hydrogen-bond acceptors (Lipinski definition) is 7. The molecule has 0 atom stereocenters. The van der Waals surface area contributed by atoms with Crippen molar-refractivity contribution in [2.75, 3.05) is 0 Å². The van der Waals surface area contributed by atoms with Gasteiger partial charge in [-0.3, -0.25) is 0 Å². The fourth-order valence-electron chi connectivity index (χ4n) is 3.21. The summed E-state index contributed by atoms with van der Waals surface area (Å²) in [7, 11) is 0. The average molecular weight is 456 g/mol. The molecule has 0 amide bonds. The molecule has 0 rings (SSSR count). The van der Waals surface area contributed by atoms with Gasteiger partial charge in [0.15, 0.2) is 0 Å². The molecule has 0 aromatic carbocycles. The SMILES string of the molecule is CC(C)[O][Ti]([O]N(C(C)C)C(C)C)([O]N(C(C)C)C(C)C)[O]N(C(C)C)C(C)C. The second-order valence-corrected chi connectivity index (χ2v) is 12.4. The predicted octanol–water partition coefficient (Wildman–Crippen LogP) is 5.38. The molecule has 0 bridgehead atoms. The third kappa shape index (κ3) is 10.1. The van der Waals surface area contributed by atoms with Crippen LogP contribution in [0.2, 0.25) is 0 Å². The van der Waals surface area contributed by atoms with Gasteiger partial charge in [-0.25, -0.2) is 0 Å². The molecule has 0 aromatic heterocycles. The molecule has 0 aliphatic heterocycles. The van der Waals surface area contributed by atoms with Gasteiger partial charge in [-0.05, 0) is 0 Å². The van der Waals surface area contributed by atoms with Gasteiger partial charge in [0.25, 0.3) is 0 Å². The Bertz CT molecular complexity index is 367. The van der Waals surface area contributed by atoms with Gasteiger partial charge in [-0.15, -0.1) is 0 Å². The van der Waals surface area contributed by atoms with E-state index in [1.54, 1.807) is 0 Å². The van der Waals surface area contributed by atoms with Crippen molar-refractivity contribution in [1.82, 2.24) is 15.2 Å². The van der Waals surface area contributed by atoms with Crippen LogP contribution in [0, 0.1) is 0 Å². The maximum atomic E-state index is 6.60. The molecule has 0 fully saturated rings. The quantitative estimate of drug-likeness (QED) is 0.258. The third-order valence-corrected chi connectivity index (χ3v) is 7.31. The van der Waals surface area contributed by atoms with Crippen molar-refractivity contribution in [3.05, 3.63) is 0 Å². The van der Waals surface area contributed by atoms with E-state index in [4.69, 9.17) is 13.6 Å². The van der Waals surface area contributed by atoms with Gasteiger partial charge in [0, 0.05) is 0 Å². The minimum atomic E-state index is -4.31. The first kappa shape index (κ1) is 29.4. The van der Waals surface area contributed by atoms with E-state index in [9.17, 15) is 0 Å². The van der Waals surface area contributed by atoms with Gasteiger partial charge < -0.3 is 0 Å². The first-order chi connectivity index (χ1) is 13.1. The van der Waals surface area contributed by atoms with E-state index in [2.05, 4.69) is 83.1 Å². The van der Waals surface area contributed by atoms with Crippen molar-refractivity contribution >= 4 is 0 Å². The van der Waals surface area contributed by atoms with Crippen LogP contribution in [0.1, 0.15) is 96.9 Å². The molecular formula is C21H49N3O4Ti. The van der Waals surface area contributed by atoms with Crippen molar-refractivity contribution in [2.24, 2.45) is 0 Å². The second-order valence-electron chi connectivity index (χ2n) is 9.58. The Labute approximate surface area is 186 Å². The average Bonchev–Trinajstić information content (AvgIpc) is 2.53. The van der Waals surface area contributed by atoms with Crippen LogP contribution < -0.4 is 0 Å². The maximum absolute atomic E-state index is 6.60. The summed E-state index contributed by atoms with van der Waals surface area (Å²) in [6.45, 7) is 29.2. The van der Waals surface area contributed by atoms with Crippen molar-refractivity contribution in [1.29, 1.82) is 0 Å². The summed E-state index contributed by atoms with van der Waals surface area (Å²) >= 11 is -4.31. The topological polar surface area (TPSA) is 46.6 Å². The number of hydrogen-bond donors (Lipinski definition) is 0. The fourth-order valence-corrected chi connectivity index (χ4v) is 7.66. The minimum absolute atomic E-state index is 0.0986. The molecule has 0 radical (unpaired) electrons. The molecule has 8 heteroatoms. The molecule has 29 heavy (non-hydrogen) atoms. The van der Waals surface area contributed by atoms with Crippen LogP contribution in [0.15, 0.2) is 0 Å². The number of rotatable bonds is 14. The zero-order valence-corrected chi connectivity index (χ0v) is 23.1. The Hall–Kier alpha value is 0.434. The Balaban J connectivity index is 6.31. The second kappa shape index (κ2) is 13.1. The summed E-state index contributed by atoms with van der Waals surface area (Å²) in [6.07, 6.45) is -0.0986. The van der Waals surface area contributed by atoms with Crippen LogP contribution in [0.5, 0.6) is 0 Å². The molecule has 7 nitrogen and oxygen atoms in total.